The Labute approximate surface area is 107 Å². The molecule has 1 rings (SSSR count). The van der Waals surface area contributed by atoms with Gasteiger partial charge in [0, 0.05) is 18.4 Å². The van der Waals surface area contributed by atoms with Crippen molar-refractivity contribution in [3.63, 3.8) is 0 Å². The Kier molecular flexibility index (Phi) is 4.45. The monoisotopic (exact) mass is 266 g/mol. The minimum Gasteiger partial charge on any atom is -0.326 e. The van der Waals surface area contributed by atoms with Crippen molar-refractivity contribution >= 4 is 15.7 Å². The van der Waals surface area contributed by atoms with Crippen molar-refractivity contribution in [3.8, 4) is 6.07 Å². The van der Waals surface area contributed by atoms with Gasteiger partial charge in [0.15, 0.2) is 9.84 Å². The van der Waals surface area contributed by atoms with E-state index in [1.54, 1.807) is 6.92 Å². The summed E-state index contributed by atoms with van der Waals surface area (Å²) in [6.45, 7) is 2.14. The van der Waals surface area contributed by atoms with Crippen LogP contribution in [0, 0.1) is 11.3 Å². The molecule has 0 unspecified atom stereocenters. The Bertz CT molecular complexity index is 588. The molecule has 1 aromatic carbocycles. The fraction of sp³-hybridized carbons (Fsp3) is 0.333. The quantitative estimate of drug-likeness (QED) is 0.764. The van der Waals surface area contributed by atoms with E-state index in [0.717, 1.165) is 6.26 Å². The predicted octanol–water partition coefficient (Wildman–Crippen LogP) is 1.08. The summed E-state index contributed by atoms with van der Waals surface area (Å²) in [7, 11) is -3.34. The van der Waals surface area contributed by atoms with E-state index in [0.29, 0.717) is 6.54 Å². The van der Waals surface area contributed by atoms with Crippen LogP contribution in [0.5, 0.6) is 0 Å². The first-order valence-electron chi connectivity index (χ1n) is 5.36. The van der Waals surface area contributed by atoms with Crippen LogP contribution in [0.2, 0.25) is 0 Å². The van der Waals surface area contributed by atoms with Crippen LogP contribution in [0.1, 0.15) is 17.3 Å². The molecule has 0 N–H and O–H groups in total. The van der Waals surface area contributed by atoms with Crippen molar-refractivity contribution < 1.29 is 13.2 Å². The van der Waals surface area contributed by atoms with Gasteiger partial charge in [-0.3, -0.25) is 4.79 Å². The molecular weight excluding hydrogens is 252 g/mol. The standard InChI is InChI=1S/C12H14N2O3S/c1-3-14(8-7-13)12(15)10-5-4-6-11(9-10)18(2,16)17/h4-6,9H,3,8H2,1-2H3. The number of sulfone groups is 1. The van der Waals surface area contributed by atoms with Gasteiger partial charge < -0.3 is 4.90 Å². The number of rotatable bonds is 4. The van der Waals surface area contributed by atoms with E-state index in [9.17, 15) is 13.2 Å². The lowest BCUT2D eigenvalue weighted by Crippen LogP contribution is -2.31. The SMILES string of the molecule is CCN(CC#N)C(=O)c1cccc(S(C)(=O)=O)c1. The normalized spacial score (nSPS) is 10.7. The van der Waals surface area contributed by atoms with Gasteiger partial charge in [-0.25, -0.2) is 8.42 Å². The lowest BCUT2D eigenvalue weighted by molar-refractivity contribution is 0.0784. The van der Waals surface area contributed by atoms with Crippen molar-refractivity contribution in [2.75, 3.05) is 19.3 Å². The molecular formula is C12H14N2O3S. The number of nitriles is 1. The number of hydrogen-bond acceptors (Lipinski definition) is 4. The summed E-state index contributed by atoms with van der Waals surface area (Å²) in [5.41, 5.74) is 0.273. The molecule has 0 aromatic heterocycles. The predicted molar refractivity (Wildman–Crippen MR) is 66.7 cm³/mol. The van der Waals surface area contributed by atoms with Gasteiger partial charge in [-0.15, -0.1) is 0 Å². The smallest absolute Gasteiger partial charge is 0.254 e. The van der Waals surface area contributed by atoms with Gasteiger partial charge >= 0.3 is 0 Å². The van der Waals surface area contributed by atoms with Crippen LogP contribution in [0.15, 0.2) is 29.2 Å². The van der Waals surface area contributed by atoms with Crippen molar-refractivity contribution in [2.24, 2.45) is 0 Å². The lowest BCUT2D eigenvalue weighted by atomic mass is 10.2. The molecule has 0 aliphatic rings. The number of hydrogen-bond donors (Lipinski definition) is 0. The zero-order chi connectivity index (χ0) is 13.8. The van der Waals surface area contributed by atoms with Crippen molar-refractivity contribution in [2.45, 2.75) is 11.8 Å². The van der Waals surface area contributed by atoms with E-state index in [4.69, 9.17) is 5.26 Å². The molecule has 0 bridgehead atoms. The highest BCUT2D eigenvalue weighted by molar-refractivity contribution is 7.90. The molecule has 0 saturated carbocycles. The fourth-order valence-corrected chi connectivity index (χ4v) is 2.12. The van der Waals surface area contributed by atoms with Gasteiger partial charge in [0.25, 0.3) is 5.91 Å². The first-order chi connectivity index (χ1) is 8.40. The minimum atomic E-state index is -3.34. The summed E-state index contributed by atoms with van der Waals surface area (Å²) >= 11 is 0. The van der Waals surface area contributed by atoms with Gasteiger partial charge in [-0.2, -0.15) is 5.26 Å². The Balaban J connectivity index is 3.11. The molecule has 18 heavy (non-hydrogen) atoms. The number of carbonyl (C=O) groups excluding carboxylic acids is 1. The number of amides is 1. The lowest BCUT2D eigenvalue weighted by Gasteiger charge is -2.17. The maximum absolute atomic E-state index is 12.0. The Morgan fingerprint density at radius 1 is 1.44 bits per heavy atom. The largest absolute Gasteiger partial charge is 0.326 e. The van der Waals surface area contributed by atoms with Crippen LogP contribution in [0.4, 0.5) is 0 Å². The van der Waals surface area contributed by atoms with E-state index < -0.39 is 9.84 Å². The third-order valence-corrected chi connectivity index (χ3v) is 3.55. The third kappa shape index (κ3) is 3.31. The summed E-state index contributed by atoms with van der Waals surface area (Å²) in [4.78, 5) is 13.5. The van der Waals surface area contributed by atoms with Crippen LogP contribution in [-0.2, 0) is 9.84 Å². The first kappa shape index (κ1) is 14.2. The van der Waals surface area contributed by atoms with Gasteiger partial charge in [0.1, 0.15) is 6.54 Å². The summed E-state index contributed by atoms with van der Waals surface area (Å²) in [5.74, 6) is -0.343. The van der Waals surface area contributed by atoms with Gasteiger partial charge in [0.05, 0.1) is 11.0 Å². The van der Waals surface area contributed by atoms with Crippen molar-refractivity contribution in [1.82, 2.24) is 4.90 Å². The molecule has 1 amide bonds. The summed E-state index contributed by atoms with van der Waals surface area (Å²) in [6, 6.07) is 7.73. The maximum atomic E-state index is 12.0. The van der Waals surface area contributed by atoms with Gasteiger partial charge in [0.2, 0.25) is 0 Å². The number of benzene rings is 1. The molecule has 0 heterocycles. The fourth-order valence-electron chi connectivity index (χ4n) is 1.45. The van der Waals surface area contributed by atoms with Crippen LogP contribution >= 0.6 is 0 Å². The van der Waals surface area contributed by atoms with E-state index in [1.807, 2.05) is 6.07 Å². The van der Waals surface area contributed by atoms with E-state index >= 15 is 0 Å². The topological polar surface area (TPSA) is 78.2 Å². The first-order valence-corrected chi connectivity index (χ1v) is 7.25. The number of carbonyl (C=O) groups is 1. The highest BCUT2D eigenvalue weighted by atomic mass is 32.2. The van der Waals surface area contributed by atoms with Gasteiger partial charge in [-0.05, 0) is 25.1 Å². The van der Waals surface area contributed by atoms with E-state index in [2.05, 4.69) is 0 Å². The zero-order valence-corrected chi connectivity index (χ0v) is 11.1. The van der Waals surface area contributed by atoms with Crippen LogP contribution in [0.3, 0.4) is 0 Å². The Morgan fingerprint density at radius 2 is 2.11 bits per heavy atom. The molecule has 0 radical (unpaired) electrons. The van der Waals surface area contributed by atoms with Crippen LogP contribution in [-0.4, -0.2) is 38.6 Å². The van der Waals surface area contributed by atoms with E-state index in [1.165, 1.54) is 29.2 Å². The average Bonchev–Trinajstić information content (AvgIpc) is 2.34. The molecule has 96 valence electrons. The molecule has 0 atom stereocenters. The summed E-state index contributed by atoms with van der Waals surface area (Å²) in [5, 5.41) is 8.61. The van der Waals surface area contributed by atoms with Gasteiger partial charge in [-0.1, -0.05) is 6.07 Å². The third-order valence-electron chi connectivity index (χ3n) is 2.44. The highest BCUT2D eigenvalue weighted by Crippen LogP contribution is 2.13. The Morgan fingerprint density at radius 3 is 2.61 bits per heavy atom. The second-order valence-corrected chi connectivity index (χ2v) is 5.79. The minimum absolute atomic E-state index is 0.0154. The molecule has 6 heteroatoms. The summed E-state index contributed by atoms with van der Waals surface area (Å²) in [6.07, 6.45) is 1.09. The second kappa shape index (κ2) is 5.65. The van der Waals surface area contributed by atoms with Crippen LogP contribution < -0.4 is 0 Å². The molecule has 0 saturated heterocycles. The molecule has 0 aliphatic carbocycles. The molecule has 0 fully saturated rings. The average molecular weight is 266 g/mol. The molecule has 0 spiro atoms. The van der Waals surface area contributed by atoms with Crippen molar-refractivity contribution in [3.05, 3.63) is 29.8 Å². The molecule has 0 aliphatic heterocycles. The highest BCUT2D eigenvalue weighted by Gasteiger charge is 2.16. The maximum Gasteiger partial charge on any atom is 0.254 e. The molecule has 5 nitrogen and oxygen atoms in total. The van der Waals surface area contributed by atoms with E-state index in [-0.39, 0.29) is 22.9 Å². The zero-order valence-electron chi connectivity index (χ0n) is 10.3. The Hall–Kier alpha value is -1.87. The second-order valence-electron chi connectivity index (χ2n) is 3.78. The summed E-state index contributed by atoms with van der Waals surface area (Å²) < 4.78 is 22.8. The van der Waals surface area contributed by atoms with Crippen molar-refractivity contribution in [1.29, 1.82) is 5.26 Å². The molecule has 1 aromatic rings. The van der Waals surface area contributed by atoms with Crippen LogP contribution in [0.25, 0.3) is 0 Å². The number of nitrogens with zero attached hydrogens (tertiary/aromatic N) is 2.